The van der Waals surface area contributed by atoms with Crippen molar-refractivity contribution in [3.63, 3.8) is 0 Å². The van der Waals surface area contributed by atoms with E-state index in [0.717, 1.165) is 4.48 Å². The molecular weight excluding hydrogens is 253 g/mol. The molecule has 0 amide bonds. The molecule has 0 aromatic carbocycles. The lowest BCUT2D eigenvalue weighted by Crippen LogP contribution is -3.00. The number of aliphatic hydroxyl groups excluding tert-OH is 1. The third kappa shape index (κ3) is 3.25. The van der Waals surface area contributed by atoms with Crippen molar-refractivity contribution in [3.8, 4) is 0 Å². The second-order valence-corrected chi connectivity index (χ2v) is 4.34. The molecule has 0 bridgehead atoms. The van der Waals surface area contributed by atoms with Gasteiger partial charge in [0.15, 0.2) is 0 Å². The average molecular weight is 273 g/mol. The van der Waals surface area contributed by atoms with Gasteiger partial charge in [0, 0.05) is 0 Å². The highest BCUT2D eigenvalue weighted by molar-refractivity contribution is 4.74. The second-order valence-electron chi connectivity index (χ2n) is 4.34. The molecule has 0 rings (SSSR count). The number of hydrogen-bond donors (Lipinski definition) is 1. The van der Waals surface area contributed by atoms with E-state index in [-0.39, 0.29) is 35.6 Å². The number of rotatable bonds is 2. The van der Waals surface area contributed by atoms with Crippen LogP contribution in [0.25, 0.3) is 0 Å². The van der Waals surface area contributed by atoms with Gasteiger partial charge in [-0.2, -0.15) is 0 Å². The van der Waals surface area contributed by atoms with Crippen molar-refractivity contribution in [2.24, 2.45) is 0 Å². The molecule has 0 aromatic rings. The molecule has 70 valence electrons. The second kappa shape index (κ2) is 4.05. The zero-order valence-corrected chi connectivity index (χ0v) is 10.5. The van der Waals surface area contributed by atoms with Gasteiger partial charge in [0.1, 0.15) is 11.6 Å². The van der Waals surface area contributed by atoms with Gasteiger partial charge >= 0.3 is 0 Å². The Morgan fingerprint density at radius 3 is 1.45 bits per heavy atom. The first-order valence-electron chi connectivity index (χ1n) is 3.69. The van der Waals surface area contributed by atoms with Crippen molar-refractivity contribution in [1.29, 1.82) is 0 Å². The van der Waals surface area contributed by atoms with Gasteiger partial charge in [0.25, 0.3) is 0 Å². The van der Waals surface area contributed by atoms with Gasteiger partial charge < -0.3 is 33.6 Å². The summed E-state index contributed by atoms with van der Waals surface area (Å²) in [7, 11) is 6.27. The number of halogens is 1. The van der Waals surface area contributed by atoms with E-state index >= 15 is 0 Å². The van der Waals surface area contributed by atoms with Gasteiger partial charge in [-0.3, -0.25) is 0 Å². The molecule has 1 unspecified atom stereocenters. The highest BCUT2D eigenvalue weighted by Crippen LogP contribution is 2.21. The molecular formula is C8H20INO. The zero-order chi connectivity index (χ0) is 8.58. The lowest BCUT2D eigenvalue weighted by atomic mass is 9.95. The quantitative estimate of drug-likeness (QED) is 0.449. The molecule has 1 N–H and O–H groups in total. The Bertz CT molecular complexity index is 116. The van der Waals surface area contributed by atoms with Gasteiger partial charge in [0.05, 0.1) is 21.1 Å². The van der Waals surface area contributed by atoms with Crippen LogP contribution in [0, 0.1) is 0 Å². The largest absolute Gasteiger partial charge is 1.00 e. The highest BCUT2D eigenvalue weighted by Gasteiger charge is 2.37. The van der Waals surface area contributed by atoms with Gasteiger partial charge in [0.2, 0.25) is 0 Å². The predicted molar refractivity (Wildman–Crippen MR) is 43.8 cm³/mol. The molecule has 2 nitrogen and oxygen atoms in total. The van der Waals surface area contributed by atoms with Crippen LogP contribution in [0.2, 0.25) is 0 Å². The van der Waals surface area contributed by atoms with E-state index < -0.39 is 0 Å². The van der Waals surface area contributed by atoms with E-state index in [1.807, 2.05) is 6.92 Å². The summed E-state index contributed by atoms with van der Waals surface area (Å²) in [6.07, 6.45) is -0.271. The number of nitrogens with zero attached hydrogens (tertiary/aromatic N) is 1. The summed E-state index contributed by atoms with van der Waals surface area (Å²) in [6, 6.07) is 0. The molecule has 0 radical (unpaired) electrons. The average Bonchev–Trinajstić information content (AvgIpc) is 1.62. The van der Waals surface area contributed by atoms with E-state index in [9.17, 15) is 5.11 Å². The lowest BCUT2D eigenvalue weighted by molar-refractivity contribution is -0.923. The van der Waals surface area contributed by atoms with E-state index in [1.165, 1.54) is 0 Å². The first kappa shape index (κ1) is 14.2. The van der Waals surface area contributed by atoms with Crippen LogP contribution >= 0.6 is 0 Å². The van der Waals surface area contributed by atoms with Gasteiger partial charge in [-0.15, -0.1) is 0 Å². The Labute approximate surface area is 87.2 Å². The summed E-state index contributed by atoms with van der Waals surface area (Å²) in [5, 5.41) is 9.40. The first-order valence-corrected chi connectivity index (χ1v) is 3.69. The van der Waals surface area contributed by atoms with Crippen LogP contribution in [0.5, 0.6) is 0 Å². The molecule has 0 fully saturated rings. The zero-order valence-electron chi connectivity index (χ0n) is 8.35. The fraction of sp³-hybridized carbons (Fsp3) is 1.00. The summed E-state index contributed by atoms with van der Waals surface area (Å²) < 4.78 is 0.782. The normalized spacial score (nSPS) is 15.5. The van der Waals surface area contributed by atoms with Crippen molar-refractivity contribution in [1.82, 2.24) is 0 Å². The first-order chi connectivity index (χ1) is 4.19. The Morgan fingerprint density at radius 1 is 1.18 bits per heavy atom. The monoisotopic (exact) mass is 273 g/mol. The maximum Gasteiger partial charge on any atom is 0.119 e. The number of likely N-dealkylation sites (N-methyl/N-ethyl adjacent to an activating group) is 1. The summed E-state index contributed by atoms with van der Waals surface area (Å²) in [5.41, 5.74) is -0.0694. The third-order valence-corrected chi connectivity index (χ3v) is 2.75. The predicted octanol–water partition coefficient (Wildman–Crippen LogP) is -2.14. The van der Waals surface area contributed by atoms with Crippen LogP contribution in [0.1, 0.15) is 20.8 Å². The molecule has 3 heteroatoms. The molecule has 0 saturated heterocycles. The highest BCUT2D eigenvalue weighted by atomic mass is 127. The molecule has 0 heterocycles. The van der Waals surface area contributed by atoms with Crippen LogP contribution < -0.4 is 24.0 Å². The lowest BCUT2D eigenvalue weighted by Gasteiger charge is -2.43. The molecule has 0 saturated carbocycles. The Balaban J connectivity index is 0. The fourth-order valence-electron chi connectivity index (χ4n) is 0.561. The number of quaternary nitrogens is 1. The fourth-order valence-corrected chi connectivity index (χ4v) is 0.561. The molecule has 0 aromatic heterocycles. The van der Waals surface area contributed by atoms with E-state index in [0.29, 0.717) is 0 Å². The number of hydrogen-bond acceptors (Lipinski definition) is 1. The minimum absolute atomic E-state index is 0. The molecule has 0 aliphatic rings. The van der Waals surface area contributed by atoms with Crippen LogP contribution in [-0.4, -0.2) is 42.4 Å². The maximum atomic E-state index is 9.40. The van der Waals surface area contributed by atoms with Crippen molar-refractivity contribution < 1.29 is 33.6 Å². The van der Waals surface area contributed by atoms with Crippen molar-refractivity contribution in [2.75, 3.05) is 21.1 Å². The SMILES string of the molecule is CC(O)C(C)(C)[N+](C)(C)C.[I-]. The topological polar surface area (TPSA) is 20.2 Å². The molecule has 0 spiro atoms. The van der Waals surface area contributed by atoms with Crippen molar-refractivity contribution >= 4 is 0 Å². The summed E-state index contributed by atoms with van der Waals surface area (Å²) >= 11 is 0. The van der Waals surface area contributed by atoms with Crippen molar-refractivity contribution in [3.05, 3.63) is 0 Å². The van der Waals surface area contributed by atoms with Gasteiger partial charge in [-0.1, -0.05) is 0 Å². The van der Waals surface area contributed by atoms with Gasteiger partial charge in [-0.25, -0.2) is 0 Å². The van der Waals surface area contributed by atoms with E-state index in [4.69, 9.17) is 0 Å². The molecule has 11 heavy (non-hydrogen) atoms. The Kier molecular flexibility index (Phi) is 5.22. The van der Waals surface area contributed by atoms with Crippen LogP contribution in [0.15, 0.2) is 0 Å². The Morgan fingerprint density at radius 2 is 1.45 bits per heavy atom. The smallest absolute Gasteiger partial charge is 0.119 e. The molecule has 0 aliphatic carbocycles. The van der Waals surface area contributed by atoms with Crippen LogP contribution in [0.3, 0.4) is 0 Å². The summed E-state index contributed by atoms with van der Waals surface area (Å²) in [6.45, 7) is 5.97. The molecule has 0 aliphatic heterocycles. The maximum absolute atomic E-state index is 9.40. The van der Waals surface area contributed by atoms with Crippen molar-refractivity contribution in [2.45, 2.75) is 32.4 Å². The van der Waals surface area contributed by atoms with Crippen LogP contribution in [0.4, 0.5) is 0 Å². The summed E-state index contributed by atoms with van der Waals surface area (Å²) in [5.74, 6) is 0. The Hall–Kier alpha value is 0.650. The van der Waals surface area contributed by atoms with E-state index in [1.54, 1.807) is 0 Å². The van der Waals surface area contributed by atoms with Crippen LogP contribution in [-0.2, 0) is 0 Å². The molecule has 1 atom stereocenters. The number of aliphatic hydroxyl groups is 1. The van der Waals surface area contributed by atoms with E-state index in [2.05, 4.69) is 35.0 Å². The standard InChI is InChI=1S/C8H20NO.HI/c1-7(10)8(2,3)9(4,5)6;/h7,10H,1-6H3;1H/q+1;/p-1. The minimum atomic E-state index is -0.271. The minimum Gasteiger partial charge on any atom is -1.00 e. The summed E-state index contributed by atoms with van der Waals surface area (Å²) in [4.78, 5) is 0. The van der Waals surface area contributed by atoms with Gasteiger partial charge in [-0.05, 0) is 20.8 Å². The third-order valence-electron chi connectivity index (χ3n) is 2.75.